The average Bonchev–Trinajstić information content (AvgIpc) is 2.89. The first-order valence-electron chi connectivity index (χ1n) is 11.8. The van der Waals surface area contributed by atoms with E-state index in [1.54, 1.807) is 42.5 Å². The number of unbranched alkanes of at least 4 members (excludes halogenated alkanes) is 1. The van der Waals surface area contributed by atoms with Crippen LogP contribution in [-0.2, 0) is 12.8 Å². The van der Waals surface area contributed by atoms with Gasteiger partial charge in [0.2, 0.25) is 0 Å². The lowest BCUT2D eigenvalue weighted by Gasteiger charge is -2.11. The summed E-state index contributed by atoms with van der Waals surface area (Å²) in [5.74, 6) is -1.93. The summed E-state index contributed by atoms with van der Waals surface area (Å²) in [5.41, 5.74) is 3.21. The van der Waals surface area contributed by atoms with Crippen LogP contribution in [0.2, 0.25) is 0 Å². The van der Waals surface area contributed by atoms with Gasteiger partial charge < -0.3 is 9.84 Å². The summed E-state index contributed by atoms with van der Waals surface area (Å²) in [6.07, 6.45) is 4.73. The Morgan fingerprint density at radius 2 is 1.28 bits per heavy atom. The lowest BCUT2D eigenvalue weighted by Crippen LogP contribution is -2.00. The summed E-state index contributed by atoms with van der Waals surface area (Å²) in [6, 6.07) is 21.3. The zero-order valence-electron chi connectivity index (χ0n) is 19.8. The highest BCUT2D eigenvalue weighted by Gasteiger charge is 2.16. The van der Waals surface area contributed by atoms with Gasteiger partial charge in [0.1, 0.15) is 5.75 Å². The van der Waals surface area contributed by atoms with Crippen LogP contribution >= 0.6 is 0 Å². The van der Waals surface area contributed by atoms with E-state index < -0.39 is 11.6 Å². The van der Waals surface area contributed by atoms with Gasteiger partial charge in [0.15, 0.2) is 23.2 Å². The maximum absolute atomic E-state index is 14.9. The molecule has 0 aliphatic rings. The van der Waals surface area contributed by atoms with E-state index in [2.05, 4.69) is 6.58 Å². The Hall–Kier alpha value is -3.99. The van der Waals surface area contributed by atoms with Gasteiger partial charge in [-0.25, -0.2) is 13.2 Å². The molecule has 4 rings (SSSR count). The number of allylic oxidation sites excluding steroid dienone is 1. The molecule has 0 fully saturated rings. The third kappa shape index (κ3) is 5.98. The van der Waals surface area contributed by atoms with Gasteiger partial charge in [-0.1, -0.05) is 60.7 Å². The molecule has 0 unspecified atom stereocenters. The van der Waals surface area contributed by atoms with Crippen molar-refractivity contribution >= 4 is 0 Å². The second-order valence-corrected chi connectivity index (χ2v) is 8.58. The van der Waals surface area contributed by atoms with Gasteiger partial charge in [-0.05, 0) is 72.2 Å². The second kappa shape index (κ2) is 11.6. The molecule has 5 heteroatoms. The molecule has 2 nitrogen and oxygen atoms in total. The van der Waals surface area contributed by atoms with Gasteiger partial charge in [0, 0.05) is 11.1 Å². The number of rotatable bonds is 10. The number of hydrogen-bond acceptors (Lipinski definition) is 2. The van der Waals surface area contributed by atoms with Crippen molar-refractivity contribution in [3.63, 3.8) is 0 Å². The van der Waals surface area contributed by atoms with Gasteiger partial charge >= 0.3 is 0 Å². The number of benzene rings is 4. The number of ether oxygens (including phenoxy) is 1. The molecule has 4 aromatic rings. The standard InChI is InChI=1S/C31H27F3O2/c1-2-3-4-19-36-29-18-9-22(20-28(29)32)6-5-21-7-10-23(11-8-21)26-16-17-27(31(34)30(26)33)24-12-14-25(35)15-13-24/h2,7-18,20,35H,1,3-6,19H2. The largest absolute Gasteiger partial charge is 0.508 e. The zero-order valence-corrected chi connectivity index (χ0v) is 19.8. The zero-order chi connectivity index (χ0) is 25.5. The van der Waals surface area contributed by atoms with Gasteiger partial charge in [-0.2, -0.15) is 0 Å². The van der Waals surface area contributed by atoms with Gasteiger partial charge in [0.05, 0.1) is 6.61 Å². The SMILES string of the molecule is C=CCCCOc1ccc(CCc2ccc(-c3ccc(-c4ccc(O)cc4)c(F)c3F)cc2)cc1F. The van der Waals surface area contributed by atoms with Crippen LogP contribution in [0.1, 0.15) is 24.0 Å². The molecule has 0 aromatic heterocycles. The number of aromatic hydroxyl groups is 1. The highest BCUT2D eigenvalue weighted by molar-refractivity contribution is 5.72. The van der Waals surface area contributed by atoms with Crippen molar-refractivity contribution < 1.29 is 23.0 Å². The molecule has 0 radical (unpaired) electrons. The van der Waals surface area contributed by atoms with E-state index in [9.17, 15) is 18.3 Å². The molecule has 0 aliphatic heterocycles. The van der Waals surface area contributed by atoms with Crippen molar-refractivity contribution in [1.82, 2.24) is 0 Å². The first-order chi connectivity index (χ1) is 17.5. The number of halogens is 3. The monoisotopic (exact) mass is 488 g/mol. The number of hydrogen-bond donors (Lipinski definition) is 1. The molecule has 36 heavy (non-hydrogen) atoms. The van der Waals surface area contributed by atoms with Gasteiger partial charge in [0.25, 0.3) is 0 Å². The second-order valence-electron chi connectivity index (χ2n) is 8.58. The fourth-order valence-electron chi connectivity index (χ4n) is 4.00. The summed E-state index contributed by atoms with van der Waals surface area (Å²) in [7, 11) is 0. The third-order valence-corrected chi connectivity index (χ3v) is 6.03. The summed E-state index contributed by atoms with van der Waals surface area (Å²) in [6.45, 7) is 4.10. The fraction of sp³-hybridized carbons (Fsp3) is 0.161. The predicted octanol–water partition coefficient (Wildman–Crippen LogP) is 8.27. The van der Waals surface area contributed by atoms with E-state index in [0.717, 1.165) is 24.0 Å². The van der Waals surface area contributed by atoms with E-state index in [1.807, 2.05) is 18.2 Å². The molecule has 0 amide bonds. The Morgan fingerprint density at radius 1 is 0.722 bits per heavy atom. The molecule has 0 bridgehead atoms. The summed E-state index contributed by atoms with van der Waals surface area (Å²) >= 11 is 0. The maximum Gasteiger partial charge on any atom is 0.167 e. The molecule has 0 atom stereocenters. The fourth-order valence-corrected chi connectivity index (χ4v) is 4.00. The maximum atomic E-state index is 14.9. The molecule has 1 N–H and O–H groups in total. The lowest BCUT2D eigenvalue weighted by atomic mass is 9.97. The smallest absolute Gasteiger partial charge is 0.167 e. The van der Waals surface area contributed by atoms with Crippen molar-refractivity contribution in [3.8, 4) is 33.8 Å². The molecule has 0 aliphatic carbocycles. The van der Waals surface area contributed by atoms with Crippen LogP contribution < -0.4 is 4.74 Å². The van der Waals surface area contributed by atoms with Crippen LogP contribution in [0.15, 0.2) is 91.5 Å². The normalized spacial score (nSPS) is 10.9. The van der Waals surface area contributed by atoms with E-state index in [-0.39, 0.29) is 28.4 Å². The summed E-state index contributed by atoms with van der Waals surface area (Å²) < 4.78 is 49.5. The van der Waals surface area contributed by atoms with E-state index in [1.165, 1.54) is 24.3 Å². The van der Waals surface area contributed by atoms with Crippen LogP contribution in [0.5, 0.6) is 11.5 Å². The van der Waals surface area contributed by atoms with E-state index >= 15 is 0 Å². The first kappa shape index (κ1) is 25.1. The van der Waals surface area contributed by atoms with Crippen molar-refractivity contribution in [2.75, 3.05) is 6.61 Å². The summed E-state index contributed by atoms with van der Waals surface area (Å²) in [5, 5.41) is 9.42. The number of phenolic OH excluding ortho intramolecular Hbond substituents is 1. The lowest BCUT2D eigenvalue weighted by molar-refractivity contribution is 0.296. The van der Waals surface area contributed by atoms with E-state index in [0.29, 0.717) is 30.6 Å². The molecule has 184 valence electrons. The Balaban J connectivity index is 1.41. The number of aryl methyl sites for hydroxylation is 2. The molecule has 0 saturated heterocycles. The van der Waals surface area contributed by atoms with Gasteiger partial charge in [-0.3, -0.25) is 0 Å². The van der Waals surface area contributed by atoms with E-state index in [4.69, 9.17) is 4.74 Å². The van der Waals surface area contributed by atoms with Crippen LogP contribution in [0.4, 0.5) is 13.2 Å². The highest BCUT2D eigenvalue weighted by atomic mass is 19.2. The molecular formula is C31H27F3O2. The van der Waals surface area contributed by atoms with Crippen LogP contribution in [0, 0.1) is 17.5 Å². The molecule has 0 spiro atoms. The Kier molecular flexibility index (Phi) is 8.11. The van der Waals surface area contributed by atoms with Crippen molar-refractivity contribution in [3.05, 3.63) is 120 Å². The van der Waals surface area contributed by atoms with Crippen molar-refractivity contribution in [1.29, 1.82) is 0 Å². The number of phenols is 1. The van der Waals surface area contributed by atoms with Crippen molar-refractivity contribution in [2.45, 2.75) is 25.7 Å². The first-order valence-corrected chi connectivity index (χ1v) is 11.8. The topological polar surface area (TPSA) is 29.5 Å². The van der Waals surface area contributed by atoms with Gasteiger partial charge in [-0.15, -0.1) is 6.58 Å². The van der Waals surface area contributed by atoms with Crippen LogP contribution in [0.3, 0.4) is 0 Å². The minimum atomic E-state index is -0.933. The van der Waals surface area contributed by atoms with Crippen LogP contribution in [-0.4, -0.2) is 11.7 Å². The predicted molar refractivity (Wildman–Crippen MR) is 138 cm³/mol. The minimum Gasteiger partial charge on any atom is -0.508 e. The van der Waals surface area contributed by atoms with Crippen LogP contribution in [0.25, 0.3) is 22.3 Å². The average molecular weight is 489 g/mol. The van der Waals surface area contributed by atoms with Crippen molar-refractivity contribution in [2.24, 2.45) is 0 Å². The molecular weight excluding hydrogens is 461 g/mol. The minimum absolute atomic E-state index is 0.0578. The molecule has 0 heterocycles. The Bertz CT molecular complexity index is 1330. The molecule has 0 saturated carbocycles. The summed E-state index contributed by atoms with van der Waals surface area (Å²) in [4.78, 5) is 0. The highest BCUT2D eigenvalue weighted by Crippen LogP contribution is 2.32. The Labute approximate surface area is 209 Å². The quantitative estimate of drug-likeness (QED) is 0.180. The molecule has 4 aromatic carbocycles. The third-order valence-electron chi connectivity index (χ3n) is 6.03. The Morgan fingerprint density at radius 3 is 1.86 bits per heavy atom.